The number of halogens is 1. The van der Waals surface area contributed by atoms with E-state index >= 15 is 0 Å². The van der Waals surface area contributed by atoms with E-state index in [-0.39, 0.29) is 24.0 Å². The average Bonchev–Trinajstić information content (AvgIpc) is 3.18. The van der Waals surface area contributed by atoms with Gasteiger partial charge in [-0.05, 0) is 29.7 Å². The SMILES string of the molecule is CCc1ccc(CNC(=NC)NCc2ccc(CN3CCOCC3)cc2)s1.I. The van der Waals surface area contributed by atoms with Gasteiger partial charge in [0.15, 0.2) is 5.96 Å². The first-order valence-corrected chi connectivity index (χ1v) is 10.5. The van der Waals surface area contributed by atoms with Crippen molar-refractivity contribution in [2.24, 2.45) is 4.99 Å². The summed E-state index contributed by atoms with van der Waals surface area (Å²) in [5, 5.41) is 6.78. The molecule has 1 fully saturated rings. The molecule has 0 aliphatic carbocycles. The van der Waals surface area contributed by atoms with Gasteiger partial charge in [-0.25, -0.2) is 0 Å². The van der Waals surface area contributed by atoms with Crippen molar-refractivity contribution in [3.05, 3.63) is 57.3 Å². The summed E-state index contributed by atoms with van der Waals surface area (Å²) in [4.78, 5) is 9.52. The summed E-state index contributed by atoms with van der Waals surface area (Å²) >= 11 is 1.86. The highest BCUT2D eigenvalue weighted by Gasteiger charge is 2.10. The lowest BCUT2D eigenvalue weighted by Crippen LogP contribution is -2.36. The normalized spacial score (nSPS) is 15.1. The Morgan fingerprint density at radius 3 is 2.29 bits per heavy atom. The summed E-state index contributed by atoms with van der Waals surface area (Å²) in [5.41, 5.74) is 2.61. The molecule has 1 aliphatic heterocycles. The molecule has 7 heteroatoms. The lowest BCUT2D eigenvalue weighted by Gasteiger charge is -2.26. The van der Waals surface area contributed by atoms with E-state index < -0.39 is 0 Å². The second-order valence-electron chi connectivity index (χ2n) is 6.71. The lowest BCUT2D eigenvalue weighted by molar-refractivity contribution is 0.0342. The lowest BCUT2D eigenvalue weighted by atomic mass is 10.1. The molecular weight excluding hydrogens is 483 g/mol. The van der Waals surface area contributed by atoms with E-state index in [2.05, 4.69) is 63.8 Å². The molecule has 0 bridgehead atoms. The van der Waals surface area contributed by atoms with Crippen molar-refractivity contribution in [2.45, 2.75) is 33.0 Å². The molecule has 28 heavy (non-hydrogen) atoms. The fourth-order valence-electron chi connectivity index (χ4n) is 3.06. The van der Waals surface area contributed by atoms with Gasteiger partial charge >= 0.3 is 0 Å². The molecule has 1 saturated heterocycles. The Hall–Kier alpha value is -1.16. The highest BCUT2D eigenvalue weighted by Crippen LogP contribution is 2.16. The van der Waals surface area contributed by atoms with Crippen molar-refractivity contribution in [3.63, 3.8) is 0 Å². The third-order valence-electron chi connectivity index (χ3n) is 4.71. The van der Waals surface area contributed by atoms with Gasteiger partial charge in [0.2, 0.25) is 0 Å². The van der Waals surface area contributed by atoms with E-state index in [4.69, 9.17) is 4.74 Å². The molecule has 1 aromatic carbocycles. The number of nitrogens with one attached hydrogen (secondary N) is 2. The first-order chi connectivity index (χ1) is 13.3. The van der Waals surface area contributed by atoms with Crippen LogP contribution in [-0.4, -0.2) is 44.2 Å². The van der Waals surface area contributed by atoms with E-state index in [1.165, 1.54) is 20.9 Å². The minimum Gasteiger partial charge on any atom is -0.379 e. The third kappa shape index (κ3) is 7.35. The Labute approximate surface area is 189 Å². The molecule has 1 aliphatic rings. The summed E-state index contributed by atoms with van der Waals surface area (Å²) in [6.07, 6.45) is 1.10. The molecule has 154 valence electrons. The van der Waals surface area contributed by atoms with Gasteiger partial charge in [0, 0.05) is 43.0 Å². The number of thiophene rings is 1. The van der Waals surface area contributed by atoms with E-state index in [1.807, 2.05) is 18.4 Å². The summed E-state index contributed by atoms with van der Waals surface area (Å²) < 4.78 is 5.41. The summed E-state index contributed by atoms with van der Waals surface area (Å²) in [6.45, 7) is 8.50. The molecule has 3 rings (SSSR count). The van der Waals surface area contributed by atoms with Crippen molar-refractivity contribution in [3.8, 4) is 0 Å². The maximum atomic E-state index is 5.41. The smallest absolute Gasteiger partial charge is 0.191 e. The number of rotatable bonds is 7. The quantitative estimate of drug-likeness (QED) is 0.337. The largest absolute Gasteiger partial charge is 0.379 e. The number of ether oxygens (including phenoxy) is 1. The highest BCUT2D eigenvalue weighted by molar-refractivity contribution is 14.0. The van der Waals surface area contributed by atoms with Crippen LogP contribution >= 0.6 is 35.3 Å². The number of hydrogen-bond donors (Lipinski definition) is 2. The molecule has 5 nitrogen and oxygen atoms in total. The second kappa shape index (κ2) is 12.4. The summed E-state index contributed by atoms with van der Waals surface area (Å²) in [7, 11) is 1.81. The number of morpholine rings is 1. The van der Waals surface area contributed by atoms with Gasteiger partial charge in [-0.15, -0.1) is 35.3 Å². The second-order valence-corrected chi connectivity index (χ2v) is 7.96. The van der Waals surface area contributed by atoms with Crippen LogP contribution in [-0.2, 0) is 30.8 Å². The zero-order chi connectivity index (χ0) is 18.9. The number of aliphatic imine (C=N–C) groups is 1. The maximum absolute atomic E-state index is 5.41. The molecule has 0 radical (unpaired) electrons. The van der Waals surface area contributed by atoms with Gasteiger partial charge < -0.3 is 15.4 Å². The first kappa shape index (κ1) is 23.1. The highest BCUT2D eigenvalue weighted by atomic mass is 127. The maximum Gasteiger partial charge on any atom is 0.191 e. The standard InChI is InChI=1S/C21H30N4OS.HI/c1-3-19-8-9-20(27-19)15-24-21(22-2)23-14-17-4-6-18(7-5-17)16-25-10-12-26-13-11-25;/h4-9H,3,10-16H2,1-2H3,(H2,22,23,24);1H. The molecule has 0 spiro atoms. The molecule has 2 N–H and O–H groups in total. The van der Waals surface area contributed by atoms with Gasteiger partial charge in [0.05, 0.1) is 19.8 Å². The summed E-state index contributed by atoms with van der Waals surface area (Å²) in [6, 6.07) is 13.2. The topological polar surface area (TPSA) is 48.9 Å². The van der Waals surface area contributed by atoms with E-state index in [9.17, 15) is 0 Å². The zero-order valence-electron chi connectivity index (χ0n) is 16.7. The van der Waals surface area contributed by atoms with Gasteiger partial charge in [0.1, 0.15) is 0 Å². The molecule has 2 aromatic rings. The molecule has 0 saturated carbocycles. The number of aryl methyl sites for hydroxylation is 1. The van der Waals surface area contributed by atoms with Crippen molar-refractivity contribution in [2.75, 3.05) is 33.4 Å². The minimum atomic E-state index is 0. The average molecular weight is 514 g/mol. The monoisotopic (exact) mass is 514 g/mol. The Kier molecular flexibility index (Phi) is 10.3. The van der Waals surface area contributed by atoms with Crippen LogP contribution in [0.25, 0.3) is 0 Å². The van der Waals surface area contributed by atoms with Gasteiger partial charge in [-0.2, -0.15) is 0 Å². The molecular formula is C21H31IN4OS. The van der Waals surface area contributed by atoms with Crippen LogP contribution in [0.4, 0.5) is 0 Å². The van der Waals surface area contributed by atoms with Crippen LogP contribution in [0.2, 0.25) is 0 Å². The van der Waals surface area contributed by atoms with Crippen LogP contribution in [0.1, 0.15) is 27.8 Å². The van der Waals surface area contributed by atoms with Crippen molar-refractivity contribution >= 4 is 41.3 Å². The van der Waals surface area contributed by atoms with Gasteiger partial charge in [-0.3, -0.25) is 9.89 Å². The van der Waals surface area contributed by atoms with Crippen molar-refractivity contribution in [1.82, 2.24) is 15.5 Å². The van der Waals surface area contributed by atoms with E-state index in [0.717, 1.165) is 58.3 Å². The predicted octanol–water partition coefficient (Wildman–Crippen LogP) is 3.63. The van der Waals surface area contributed by atoms with Crippen molar-refractivity contribution < 1.29 is 4.74 Å². The number of hydrogen-bond acceptors (Lipinski definition) is 4. The predicted molar refractivity (Wildman–Crippen MR) is 129 cm³/mol. The first-order valence-electron chi connectivity index (χ1n) is 9.67. The minimum absolute atomic E-state index is 0. The molecule has 0 atom stereocenters. The van der Waals surface area contributed by atoms with Crippen molar-refractivity contribution in [1.29, 1.82) is 0 Å². The van der Waals surface area contributed by atoms with Crippen LogP contribution in [0.3, 0.4) is 0 Å². The molecule has 1 aromatic heterocycles. The molecule has 0 unspecified atom stereocenters. The number of benzene rings is 1. The van der Waals surface area contributed by atoms with E-state index in [1.54, 1.807) is 0 Å². The summed E-state index contributed by atoms with van der Waals surface area (Å²) in [5.74, 6) is 0.832. The Balaban J connectivity index is 0.00000280. The zero-order valence-corrected chi connectivity index (χ0v) is 19.9. The Bertz CT molecular complexity index is 726. The van der Waals surface area contributed by atoms with Gasteiger partial charge in [0.25, 0.3) is 0 Å². The Morgan fingerprint density at radius 1 is 1.00 bits per heavy atom. The van der Waals surface area contributed by atoms with Gasteiger partial charge in [-0.1, -0.05) is 31.2 Å². The van der Waals surface area contributed by atoms with Crippen LogP contribution in [0.5, 0.6) is 0 Å². The molecule has 0 amide bonds. The van der Waals surface area contributed by atoms with E-state index in [0.29, 0.717) is 0 Å². The Morgan fingerprint density at radius 2 is 1.64 bits per heavy atom. The van der Waals surface area contributed by atoms with Crippen LogP contribution in [0, 0.1) is 0 Å². The molecule has 2 heterocycles. The third-order valence-corrected chi connectivity index (χ3v) is 5.94. The number of nitrogens with zero attached hydrogens (tertiary/aromatic N) is 2. The number of guanidine groups is 1. The fraction of sp³-hybridized carbons (Fsp3) is 0.476. The van der Waals surface area contributed by atoms with Crippen LogP contribution < -0.4 is 10.6 Å². The van der Waals surface area contributed by atoms with Crippen LogP contribution in [0.15, 0.2) is 41.4 Å². The fourth-order valence-corrected chi connectivity index (χ4v) is 3.96.